The number of aryl methyl sites for hydroxylation is 1. The molecule has 0 bridgehead atoms. The fourth-order valence-electron chi connectivity index (χ4n) is 2.06. The predicted octanol–water partition coefficient (Wildman–Crippen LogP) is 3.40. The number of halogens is 1. The van der Waals surface area contributed by atoms with E-state index >= 15 is 0 Å². The summed E-state index contributed by atoms with van der Waals surface area (Å²) in [4.78, 5) is 12.0. The van der Waals surface area contributed by atoms with Gasteiger partial charge in [0.05, 0.1) is 17.8 Å². The lowest BCUT2D eigenvalue weighted by Gasteiger charge is -2.08. The Labute approximate surface area is 124 Å². The standard InChI is InChI=1S/C17H19FN2O/c1-11(2)13-5-6-14(17(18)9-13)8-16(21)10-15-7-4-12(3)19-20-15/h4-7,9,11H,8,10H2,1-3H3. The van der Waals surface area contributed by atoms with E-state index in [4.69, 9.17) is 0 Å². The monoisotopic (exact) mass is 286 g/mol. The van der Waals surface area contributed by atoms with Crippen LogP contribution in [0.1, 0.15) is 42.3 Å². The molecule has 3 nitrogen and oxygen atoms in total. The van der Waals surface area contributed by atoms with Crippen LogP contribution >= 0.6 is 0 Å². The Bertz CT molecular complexity index is 636. The highest BCUT2D eigenvalue weighted by molar-refractivity contribution is 5.82. The average Bonchev–Trinajstić information content (AvgIpc) is 2.43. The summed E-state index contributed by atoms with van der Waals surface area (Å²) in [7, 11) is 0. The molecule has 0 aliphatic rings. The molecular weight excluding hydrogens is 267 g/mol. The van der Waals surface area contributed by atoms with Gasteiger partial charge in [0.25, 0.3) is 0 Å². The quantitative estimate of drug-likeness (QED) is 0.846. The third-order valence-corrected chi connectivity index (χ3v) is 3.36. The molecule has 0 amide bonds. The lowest BCUT2D eigenvalue weighted by molar-refractivity contribution is -0.117. The average molecular weight is 286 g/mol. The highest BCUT2D eigenvalue weighted by atomic mass is 19.1. The number of ketones is 1. The second-order valence-electron chi connectivity index (χ2n) is 5.56. The number of nitrogens with zero attached hydrogens (tertiary/aromatic N) is 2. The van der Waals surface area contributed by atoms with Gasteiger partial charge in [-0.2, -0.15) is 10.2 Å². The van der Waals surface area contributed by atoms with E-state index < -0.39 is 0 Å². The first-order valence-electron chi connectivity index (χ1n) is 7.05. The second-order valence-corrected chi connectivity index (χ2v) is 5.56. The van der Waals surface area contributed by atoms with E-state index in [1.54, 1.807) is 12.1 Å². The molecule has 0 aliphatic heterocycles. The van der Waals surface area contributed by atoms with Crippen molar-refractivity contribution in [2.45, 2.75) is 39.5 Å². The third-order valence-electron chi connectivity index (χ3n) is 3.36. The maximum Gasteiger partial charge on any atom is 0.143 e. The van der Waals surface area contributed by atoms with Gasteiger partial charge in [-0.1, -0.05) is 26.0 Å². The Morgan fingerprint density at radius 1 is 1.14 bits per heavy atom. The van der Waals surface area contributed by atoms with Crippen LogP contribution in [0.25, 0.3) is 0 Å². The molecule has 4 heteroatoms. The van der Waals surface area contributed by atoms with Gasteiger partial charge in [0, 0.05) is 6.42 Å². The van der Waals surface area contributed by atoms with Gasteiger partial charge in [0.15, 0.2) is 0 Å². The Morgan fingerprint density at radius 3 is 2.48 bits per heavy atom. The molecule has 1 heterocycles. The molecule has 0 saturated heterocycles. The van der Waals surface area contributed by atoms with Crippen LogP contribution < -0.4 is 0 Å². The van der Waals surface area contributed by atoms with Crippen LogP contribution in [0, 0.1) is 12.7 Å². The summed E-state index contributed by atoms with van der Waals surface area (Å²) in [6, 6.07) is 8.68. The van der Waals surface area contributed by atoms with Gasteiger partial charge in [-0.15, -0.1) is 0 Å². The van der Waals surface area contributed by atoms with Crippen LogP contribution in [0.3, 0.4) is 0 Å². The summed E-state index contributed by atoms with van der Waals surface area (Å²) < 4.78 is 14.0. The molecule has 2 rings (SSSR count). The molecule has 21 heavy (non-hydrogen) atoms. The Kier molecular flexibility index (Phi) is 4.78. The molecule has 0 aliphatic carbocycles. The summed E-state index contributed by atoms with van der Waals surface area (Å²) in [6.07, 6.45) is 0.262. The highest BCUT2D eigenvalue weighted by Gasteiger charge is 2.11. The van der Waals surface area contributed by atoms with Gasteiger partial charge < -0.3 is 0 Å². The summed E-state index contributed by atoms with van der Waals surface area (Å²) in [5, 5.41) is 7.87. The molecule has 110 valence electrons. The smallest absolute Gasteiger partial charge is 0.143 e. The number of benzene rings is 1. The van der Waals surface area contributed by atoms with E-state index in [-0.39, 0.29) is 30.4 Å². The van der Waals surface area contributed by atoms with E-state index in [9.17, 15) is 9.18 Å². The molecule has 0 fully saturated rings. The van der Waals surface area contributed by atoms with E-state index in [0.29, 0.717) is 11.3 Å². The predicted molar refractivity (Wildman–Crippen MR) is 79.7 cm³/mol. The number of aromatic nitrogens is 2. The van der Waals surface area contributed by atoms with Crippen LogP contribution in [0.5, 0.6) is 0 Å². The molecule has 0 radical (unpaired) electrons. The minimum absolute atomic E-state index is 0.0654. The molecule has 0 saturated carbocycles. The van der Waals surface area contributed by atoms with Gasteiger partial charge in [0.2, 0.25) is 0 Å². The summed E-state index contributed by atoms with van der Waals surface area (Å²) in [5.41, 5.74) is 2.80. The van der Waals surface area contributed by atoms with Crippen molar-refractivity contribution in [2.24, 2.45) is 0 Å². The molecule has 2 aromatic rings. The Hall–Kier alpha value is -2.10. The molecule has 0 atom stereocenters. The van der Waals surface area contributed by atoms with Crippen molar-refractivity contribution >= 4 is 5.78 Å². The zero-order valence-corrected chi connectivity index (χ0v) is 12.6. The van der Waals surface area contributed by atoms with Crippen LogP contribution in [0.4, 0.5) is 4.39 Å². The minimum atomic E-state index is -0.315. The first-order valence-corrected chi connectivity index (χ1v) is 7.05. The minimum Gasteiger partial charge on any atom is -0.299 e. The molecule has 1 aromatic carbocycles. The normalized spacial score (nSPS) is 10.9. The van der Waals surface area contributed by atoms with Crippen molar-refractivity contribution in [1.29, 1.82) is 0 Å². The van der Waals surface area contributed by atoms with E-state index in [1.807, 2.05) is 32.9 Å². The number of carbonyl (C=O) groups excluding carboxylic acids is 1. The van der Waals surface area contributed by atoms with Crippen LogP contribution in [-0.2, 0) is 17.6 Å². The van der Waals surface area contributed by atoms with Crippen molar-refractivity contribution in [3.8, 4) is 0 Å². The SMILES string of the molecule is Cc1ccc(CC(=O)Cc2ccc(C(C)C)cc2F)nn1. The lowest BCUT2D eigenvalue weighted by atomic mass is 9.98. The summed E-state index contributed by atoms with van der Waals surface area (Å²) >= 11 is 0. The second kappa shape index (κ2) is 6.57. The number of hydrogen-bond acceptors (Lipinski definition) is 3. The van der Waals surface area contributed by atoms with Gasteiger partial charge in [-0.3, -0.25) is 4.79 Å². The van der Waals surface area contributed by atoms with Crippen LogP contribution in [-0.4, -0.2) is 16.0 Å². The molecule has 0 N–H and O–H groups in total. The Balaban J connectivity index is 2.04. The topological polar surface area (TPSA) is 42.9 Å². The molecular formula is C17H19FN2O. The van der Waals surface area contributed by atoms with Crippen molar-refractivity contribution in [1.82, 2.24) is 10.2 Å². The van der Waals surface area contributed by atoms with Crippen LogP contribution in [0.15, 0.2) is 30.3 Å². The summed E-state index contributed by atoms with van der Waals surface area (Å²) in [5.74, 6) is -0.110. The van der Waals surface area contributed by atoms with E-state index in [1.165, 1.54) is 6.07 Å². The fourth-order valence-corrected chi connectivity index (χ4v) is 2.06. The fraction of sp³-hybridized carbons (Fsp3) is 0.353. The molecule has 0 unspecified atom stereocenters. The number of Topliss-reactive ketones (excluding diaryl/α,β-unsaturated/α-hetero) is 1. The summed E-state index contributed by atoms with van der Waals surface area (Å²) in [6.45, 7) is 5.86. The van der Waals surface area contributed by atoms with Gasteiger partial charge in [-0.05, 0) is 42.2 Å². The van der Waals surface area contributed by atoms with Gasteiger partial charge in [0.1, 0.15) is 11.6 Å². The van der Waals surface area contributed by atoms with Crippen molar-refractivity contribution in [2.75, 3.05) is 0 Å². The number of hydrogen-bond donors (Lipinski definition) is 0. The first kappa shape index (κ1) is 15.3. The van der Waals surface area contributed by atoms with Crippen molar-refractivity contribution < 1.29 is 9.18 Å². The van der Waals surface area contributed by atoms with Crippen molar-refractivity contribution in [3.63, 3.8) is 0 Å². The zero-order valence-electron chi connectivity index (χ0n) is 12.6. The molecule has 1 aromatic heterocycles. The maximum atomic E-state index is 14.0. The maximum absolute atomic E-state index is 14.0. The Morgan fingerprint density at radius 2 is 1.90 bits per heavy atom. The number of carbonyl (C=O) groups is 1. The molecule has 0 spiro atoms. The van der Waals surface area contributed by atoms with E-state index in [0.717, 1.165) is 11.3 Å². The van der Waals surface area contributed by atoms with E-state index in [2.05, 4.69) is 10.2 Å². The lowest BCUT2D eigenvalue weighted by Crippen LogP contribution is -2.10. The highest BCUT2D eigenvalue weighted by Crippen LogP contribution is 2.18. The van der Waals surface area contributed by atoms with Gasteiger partial charge in [-0.25, -0.2) is 4.39 Å². The first-order chi connectivity index (χ1) is 9.95. The van der Waals surface area contributed by atoms with Gasteiger partial charge >= 0.3 is 0 Å². The van der Waals surface area contributed by atoms with Crippen molar-refractivity contribution in [3.05, 3.63) is 58.7 Å². The largest absolute Gasteiger partial charge is 0.299 e. The number of rotatable bonds is 5. The third kappa shape index (κ3) is 4.18. The zero-order chi connectivity index (χ0) is 15.4. The van der Waals surface area contributed by atoms with Crippen LogP contribution in [0.2, 0.25) is 0 Å².